The first kappa shape index (κ1) is 19.2. The lowest BCUT2D eigenvalue weighted by Crippen LogP contribution is -2.44. The Morgan fingerprint density at radius 3 is 2.36 bits per heavy atom. The molecule has 7 heteroatoms. The van der Waals surface area contributed by atoms with E-state index < -0.39 is 18.0 Å². The molecule has 0 spiro atoms. The van der Waals surface area contributed by atoms with E-state index in [1.807, 2.05) is 48.3 Å². The number of rotatable bonds is 5. The number of benzene rings is 2. The Morgan fingerprint density at radius 1 is 1.08 bits per heavy atom. The van der Waals surface area contributed by atoms with Crippen LogP contribution in [0.3, 0.4) is 0 Å². The average molecular weight is 380 g/mol. The van der Waals surface area contributed by atoms with Gasteiger partial charge in [-0.25, -0.2) is 4.79 Å². The average Bonchev–Trinajstić information content (AvgIpc) is 2.59. The maximum Gasteiger partial charge on any atom is 0.321 e. The Morgan fingerprint density at radius 2 is 1.76 bits per heavy atom. The summed E-state index contributed by atoms with van der Waals surface area (Å²) in [5.74, 6) is -0.409. The summed E-state index contributed by atoms with van der Waals surface area (Å²) < 4.78 is 0. The topological polar surface area (TPSA) is 61.4 Å². The number of carbonyl (C=O) groups is 2. The van der Waals surface area contributed by atoms with Gasteiger partial charge in [0.25, 0.3) is 0 Å². The highest BCUT2D eigenvalue weighted by atomic mass is 35.5. The van der Waals surface area contributed by atoms with Crippen molar-refractivity contribution in [1.82, 2.24) is 15.5 Å². The van der Waals surface area contributed by atoms with Gasteiger partial charge in [0, 0.05) is 13.6 Å². The predicted octanol–water partition coefficient (Wildman–Crippen LogP) is 3.62. The molecule has 0 bridgehead atoms. The maximum absolute atomic E-state index is 12.6. The fourth-order valence-electron chi connectivity index (χ4n) is 2.50. The van der Waals surface area contributed by atoms with Crippen molar-refractivity contribution in [3.8, 4) is 0 Å². The second-order valence-corrected chi connectivity index (χ2v) is 6.36. The molecule has 5 nitrogen and oxygen atoms in total. The molecule has 2 N–H and O–H groups in total. The van der Waals surface area contributed by atoms with E-state index in [1.54, 1.807) is 12.1 Å². The van der Waals surface area contributed by atoms with Gasteiger partial charge in [-0.15, -0.1) is 0 Å². The maximum atomic E-state index is 12.6. The van der Waals surface area contributed by atoms with Gasteiger partial charge in [-0.2, -0.15) is 0 Å². The molecule has 0 aromatic heterocycles. The van der Waals surface area contributed by atoms with Crippen LogP contribution >= 0.6 is 23.2 Å². The smallest absolute Gasteiger partial charge is 0.321 e. The van der Waals surface area contributed by atoms with Crippen LogP contribution in [0.4, 0.5) is 4.79 Å². The predicted molar refractivity (Wildman–Crippen MR) is 99.7 cm³/mol. The van der Waals surface area contributed by atoms with Gasteiger partial charge < -0.3 is 5.32 Å². The number of hydrogen-bond donors (Lipinski definition) is 2. The second kappa shape index (κ2) is 8.85. The highest BCUT2D eigenvalue weighted by Crippen LogP contribution is 2.26. The highest BCUT2D eigenvalue weighted by Gasteiger charge is 2.26. The van der Waals surface area contributed by atoms with Crippen molar-refractivity contribution in [2.24, 2.45) is 0 Å². The van der Waals surface area contributed by atoms with E-state index in [2.05, 4.69) is 10.6 Å². The summed E-state index contributed by atoms with van der Waals surface area (Å²) in [4.78, 5) is 26.0. The van der Waals surface area contributed by atoms with Crippen molar-refractivity contribution in [3.63, 3.8) is 0 Å². The number of likely N-dealkylation sites (N-methyl/N-ethyl adjacent to an activating group) is 1. The summed E-state index contributed by atoms with van der Waals surface area (Å²) in [6.45, 7) is 0.456. The molecule has 3 amide bonds. The number of urea groups is 1. The van der Waals surface area contributed by atoms with Crippen LogP contribution in [-0.4, -0.2) is 30.9 Å². The molecular formula is C18H19Cl2N3O2. The molecular weight excluding hydrogens is 361 g/mol. The molecule has 1 atom stereocenters. The van der Waals surface area contributed by atoms with E-state index in [1.165, 1.54) is 7.05 Å². The molecule has 2 aromatic rings. The van der Waals surface area contributed by atoms with Gasteiger partial charge in [-0.1, -0.05) is 59.6 Å². The molecule has 0 aliphatic heterocycles. The Labute approximate surface area is 156 Å². The SMILES string of the molecule is CNC(=O)NC(=O)[C@@H](c1ccccc1)N(C)Cc1ccc(Cl)c(Cl)c1. The summed E-state index contributed by atoms with van der Waals surface area (Å²) in [7, 11) is 3.27. The van der Waals surface area contributed by atoms with Crippen molar-refractivity contribution in [3.05, 3.63) is 69.7 Å². The van der Waals surface area contributed by atoms with Crippen molar-refractivity contribution in [2.75, 3.05) is 14.1 Å². The molecule has 0 aliphatic carbocycles. The van der Waals surface area contributed by atoms with Crippen LogP contribution in [-0.2, 0) is 11.3 Å². The lowest BCUT2D eigenvalue weighted by Gasteiger charge is -2.27. The summed E-state index contributed by atoms with van der Waals surface area (Å²) in [5, 5.41) is 5.65. The number of nitrogens with one attached hydrogen (secondary N) is 2. The number of carbonyl (C=O) groups excluding carboxylic acids is 2. The first-order chi connectivity index (χ1) is 11.9. The van der Waals surface area contributed by atoms with Crippen molar-refractivity contribution in [1.29, 1.82) is 0 Å². The van der Waals surface area contributed by atoms with Crippen LogP contribution in [0.15, 0.2) is 48.5 Å². The van der Waals surface area contributed by atoms with Crippen LogP contribution in [0.25, 0.3) is 0 Å². The number of hydrogen-bond acceptors (Lipinski definition) is 3. The third kappa shape index (κ3) is 5.19. The summed E-state index contributed by atoms with van der Waals surface area (Å²) in [6.07, 6.45) is 0. The Bertz CT molecular complexity index is 753. The summed E-state index contributed by atoms with van der Waals surface area (Å²) in [5.41, 5.74) is 1.69. The fourth-order valence-corrected chi connectivity index (χ4v) is 2.82. The van der Waals surface area contributed by atoms with Crippen LogP contribution < -0.4 is 10.6 Å². The van der Waals surface area contributed by atoms with E-state index in [0.29, 0.717) is 16.6 Å². The molecule has 132 valence electrons. The minimum absolute atomic E-state index is 0.409. The first-order valence-corrected chi connectivity index (χ1v) is 8.39. The molecule has 0 aliphatic rings. The monoisotopic (exact) mass is 379 g/mol. The van der Waals surface area contributed by atoms with E-state index in [-0.39, 0.29) is 0 Å². The lowest BCUT2D eigenvalue weighted by molar-refractivity contribution is -0.125. The first-order valence-electron chi connectivity index (χ1n) is 7.64. The van der Waals surface area contributed by atoms with Gasteiger partial charge in [0.1, 0.15) is 6.04 Å². The van der Waals surface area contributed by atoms with E-state index in [4.69, 9.17) is 23.2 Å². The fraction of sp³-hybridized carbons (Fsp3) is 0.222. The minimum Gasteiger partial charge on any atom is -0.341 e. The van der Waals surface area contributed by atoms with E-state index in [0.717, 1.165) is 11.1 Å². The third-order valence-corrected chi connectivity index (χ3v) is 4.42. The van der Waals surface area contributed by atoms with Crippen LogP contribution in [0.2, 0.25) is 10.0 Å². The normalized spacial score (nSPS) is 11.9. The van der Waals surface area contributed by atoms with Crippen molar-refractivity contribution in [2.45, 2.75) is 12.6 Å². The Kier molecular flexibility index (Phi) is 6.82. The number of halogens is 2. The third-order valence-electron chi connectivity index (χ3n) is 3.68. The van der Waals surface area contributed by atoms with E-state index in [9.17, 15) is 9.59 Å². The standard InChI is InChI=1S/C18H19Cl2N3O2/c1-21-18(25)22-17(24)16(13-6-4-3-5-7-13)23(2)11-12-8-9-14(19)15(20)10-12/h3-10,16H,11H2,1-2H3,(H2,21,22,24,25)/t16-/m1/s1. The molecule has 0 saturated carbocycles. The number of amides is 3. The molecule has 2 aromatic carbocycles. The second-order valence-electron chi connectivity index (χ2n) is 5.55. The van der Waals surface area contributed by atoms with Gasteiger partial charge >= 0.3 is 6.03 Å². The largest absolute Gasteiger partial charge is 0.341 e. The van der Waals surface area contributed by atoms with Crippen molar-refractivity contribution >= 4 is 35.1 Å². The van der Waals surface area contributed by atoms with Crippen molar-refractivity contribution < 1.29 is 9.59 Å². The zero-order valence-electron chi connectivity index (χ0n) is 13.9. The summed E-state index contributed by atoms with van der Waals surface area (Å²) >= 11 is 12.0. The van der Waals surface area contributed by atoms with Gasteiger partial charge in [-0.05, 0) is 30.3 Å². The zero-order chi connectivity index (χ0) is 18.4. The quantitative estimate of drug-likeness (QED) is 0.833. The minimum atomic E-state index is -0.632. The molecule has 0 fully saturated rings. The molecule has 25 heavy (non-hydrogen) atoms. The molecule has 0 radical (unpaired) electrons. The molecule has 0 heterocycles. The molecule has 0 unspecified atom stereocenters. The van der Waals surface area contributed by atoms with Gasteiger partial charge in [0.2, 0.25) is 5.91 Å². The Balaban J connectivity index is 2.25. The molecule has 2 rings (SSSR count). The van der Waals surface area contributed by atoms with Gasteiger partial charge in [0.05, 0.1) is 10.0 Å². The highest BCUT2D eigenvalue weighted by molar-refractivity contribution is 6.42. The van der Waals surface area contributed by atoms with Crippen LogP contribution in [0, 0.1) is 0 Å². The van der Waals surface area contributed by atoms with Crippen LogP contribution in [0.5, 0.6) is 0 Å². The lowest BCUT2D eigenvalue weighted by atomic mass is 10.0. The van der Waals surface area contributed by atoms with E-state index >= 15 is 0 Å². The van der Waals surface area contributed by atoms with Crippen LogP contribution in [0.1, 0.15) is 17.2 Å². The Hall–Kier alpha value is -2.08. The number of nitrogens with zero attached hydrogens (tertiary/aromatic N) is 1. The molecule has 0 saturated heterocycles. The number of imide groups is 1. The summed E-state index contributed by atoms with van der Waals surface area (Å²) in [6, 6.07) is 13.4. The van der Waals surface area contributed by atoms with Gasteiger partial charge in [0.15, 0.2) is 0 Å². The van der Waals surface area contributed by atoms with Gasteiger partial charge in [-0.3, -0.25) is 15.0 Å². The zero-order valence-corrected chi connectivity index (χ0v) is 15.4.